The molecule has 1 nitrogen and oxygen atoms in total. The van der Waals surface area contributed by atoms with E-state index in [2.05, 4.69) is 0 Å². The number of hydrogen-bond donors (Lipinski definition) is 0. The molecule has 0 unspecified atom stereocenters. The lowest BCUT2D eigenvalue weighted by Gasteiger charge is -2.12. The summed E-state index contributed by atoms with van der Waals surface area (Å²) < 4.78 is 37.8. The minimum Gasteiger partial charge on any atom is -0.294 e. The highest BCUT2D eigenvalue weighted by Crippen LogP contribution is 2.38. The third-order valence-electron chi connectivity index (χ3n) is 2.71. The first kappa shape index (κ1) is 10.2. The van der Waals surface area contributed by atoms with E-state index in [9.17, 15) is 18.0 Å². The standard InChI is InChI=1S/C11H9F3O/c1-6-2-4-8(11(12,13)14)7-3-5-9(15)10(6)7/h2,4H,3,5H2,1H3. The Morgan fingerprint density at radius 1 is 1.20 bits per heavy atom. The summed E-state index contributed by atoms with van der Waals surface area (Å²) >= 11 is 0. The molecule has 0 aliphatic heterocycles. The van der Waals surface area contributed by atoms with E-state index in [4.69, 9.17) is 0 Å². The highest BCUT2D eigenvalue weighted by atomic mass is 19.4. The molecule has 0 atom stereocenters. The zero-order valence-corrected chi connectivity index (χ0v) is 8.11. The number of carbonyl (C=O) groups is 1. The maximum absolute atomic E-state index is 12.6. The van der Waals surface area contributed by atoms with Crippen LogP contribution in [0.4, 0.5) is 13.2 Å². The van der Waals surface area contributed by atoms with Gasteiger partial charge in [0.05, 0.1) is 5.56 Å². The van der Waals surface area contributed by atoms with E-state index in [1.54, 1.807) is 6.92 Å². The Hall–Kier alpha value is -1.32. The fraction of sp³-hybridized carbons (Fsp3) is 0.364. The molecule has 1 aromatic rings. The van der Waals surface area contributed by atoms with E-state index in [1.165, 1.54) is 6.07 Å². The molecule has 0 bridgehead atoms. The summed E-state index contributed by atoms with van der Waals surface area (Å²) in [4.78, 5) is 11.4. The zero-order valence-electron chi connectivity index (χ0n) is 8.11. The number of fused-ring (bicyclic) bond motifs is 1. The highest BCUT2D eigenvalue weighted by Gasteiger charge is 2.37. The summed E-state index contributed by atoms with van der Waals surface area (Å²) in [5.74, 6) is -0.173. The maximum atomic E-state index is 12.6. The average Bonchev–Trinajstić information content (AvgIpc) is 2.47. The van der Waals surface area contributed by atoms with Gasteiger partial charge in [-0.3, -0.25) is 4.79 Å². The maximum Gasteiger partial charge on any atom is 0.416 e. The Labute approximate surface area is 84.9 Å². The quantitative estimate of drug-likeness (QED) is 0.648. The number of alkyl halides is 3. The lowest BCUT2D eigenvalue weighted by molar-refractivity contribution is -0.138. The Bertz CT molecular complexity index is 432. The fourth-order valence-electron chi connectivity index (χ4n) is 2.04. The normalized spacial score (nSPS) is 15.6. The van der Waals surface area contributed by atoms with Crippen LogP contribution < -0.4 is 0 Å². The molecule has 0 aromatic heterocycles. The monoisotopic (exact) mass is 214 g/mol. The summed E-state index contributed by atoms with van der Waals surface area (Å²) in [7, 11) is 0. The van der Waals surface area contributed by atoms with Crippen LogP contribution in [0.5, 0.6) is 0 Å². The van der Waals surface area contributed by atoms with Gasteiger partial charge in [0, 0.05) is 12.0 Å². The molecule has 80 valence electrons. The van der Waals surface area contributed by atoms with Crippen molar-refractivity contribution in [3.63, 3.8) is 0 Å². The van der Waals surface area contributed by atoms with Crippen LogP contribution in [0.25, 0.3) is 0 Å². The van der Waals surface area contributed by atoms with Crippen molar-refractivity contribution >= 4 is 5.78 Å². The van der Waals surface area contributed by atoms with Crippen molar-refractivity contribution in [2.24, 2.45) is 0 Å². The van der Waals surface area contributed by atoms with Gasteiger partial charge in [-0.2, -0.15) is 13.2 Å². The minimum atomic E-state index is -4.36. The van der Waals surface area contributed by atoms with Crippen molar-refractivity contribution in [1.82, 2.24) is 0 Å². The second-order valence-corrected chi connectivity index (χ2v) is 3.70. The number of benzene rings is 1. The fourth-order valence-corrected chi connectivity index (χ4v) is 2.04. The molecule has 0 heterocycles. The lowest BCUT2D eigenvalue weighted by atomic mass is 9.98. The summed E-state index contributed by atoms with van der Waals surface area (Å²) in [5.41, 5.74) is 0.437. The Morgan fingerprint density at radius 3 is 2.47 bits per heavy atom. The number of ketones is 1. The number of halogens is 3. The number of carbonyl (C=O) groups excluding carboxylic acids is 1. The summed E-state index contributed by atoms with van der Waals surface area (Å²) in [6, 6.07) is 2.43. The van der Waals surface area contributed by atoms with E-state index < -0.39 is 11.7 Å². The zero-order chi connectivity index (χ0) is 11.2. The smallest absolute Gasteiger partial charge is 0.294 e. The van der Waals surface area contributed by atoms with Crippen LogP contribution in [0, 0.1) is 6.92 Å². The molecule has 0 saturated carbocycles. The van der Waals surface area contributed by atoms with Crippen molar-refractivity contribution in [3.05, 3.63) is 34.4 Å². The molecular formula is C11H9F3O. The van der Waals surface area contributed by atoms with Crippen molar-refractivity contribution in [2.75, 3.05) is 0 Å². The van der Waals surface area contributed by atoms with E-state index in [0.29, 0.717) is 5.56 Å². The molecule has 0 spiro atoms. The molecule has 0 saturated heterocycles. The topological polar surface area (TPSA) is 17.1 Å². The van der Waals surface area contributed by atoms with Crippen molar-refractivity contribution in [2.45, 2.75) is 25.9 Å². The van der Waals surface area contributed by atoms with E-state index >= 15 is 0 Å². The molecule has 1 aromatic carbocycles. The van der Waals surface area contributed by atoms with Gasteiger partial charge < -0.3 is 0 Å². The van der Waals surface area contributed by atoms with Crippen LogP contribution in [0.1, 0.15) is 33.5 Å². The first-order valence-electron chi connectivity index (χ1n) is 4.64. The summed E-state index contributed by atoms with van der Waals surface area (Å²) in [6.45, 7) is 1.67. The van der Waals surface area contributed by atoms with Gasteiger partial charge in [-0.15, -0.1) is 0 Å². The van der Waals surface area contributed by atoms with Gasteiger partial charge >= 0.3 is 6.18 Å². The Morgan fingerprint density at radius 2 is 1.87 bits per heavy atom. The van der Waals surface area contributed by atoms with E-state index in [1.807, 2.05) is 0 Å². The van der Waals surface area contributed by atoms with Crippen LogP contribution in [-0.4, -0.2) is 5.78 Å². The third kappa shape index (κ3) is 1.54. The molecule has 4 heteroatoms. The molecule has 2 rings (SSSR count). The van der Waals surface area contributed by atoms with Gasteiger partial charge in [-0.1, -0.05) is 6.07 Å². The van der Waals surface area contributed by atoms with Crippen LogP contribution in [0.3, 0.4) is 0 Å². The molecule has 1 aliphatic rings. The number of hydrogen-bond acceptors (Lipinski definition) is 1. The largest absolute Gasteiger partial charge is 0.416 e. The first-order valence-corrected chi connectivity index (χ1v) is 4.64. The van der Waals surface area contributed by atoms with Gasteiger partial charge in [-0.25, -0.2) is 0 Å². The van der Waals surface area contributed by atoms with Crippen LogP contribution in [-0.2, 0) is 12.6 Å². The second kappa shape index (κ2) is 3.08. The SMILES string of the molecule is Cc1ccc(C(F)(F)F)c2c1C(=O)CC2. The van der Waals surface area contributed by atoms with Gasteiger partial charge in [0.15, 0.2) is 5.78 Å². The van der Waals surface area contributed by atoms with Crippen molar-refractivity contribution in [1.29, 1.82) is 0 Å². The summed E-state index contributed by atoms with van der Waals surface area (Å²) in [5, 5.41) is 0. The van der Waals surface area contributed by atoms with Gasteiger partial charge in [0.25, 0.3) is 0 Å². The van der Waals surface area contributed by atoms with E-state index in [0.717, 1.165) is 6.07 Å². The van der Waals surface area contributed by atoms with Gasteiger partial charge in [-0.05, 0) is 30.5 Å². The molecule has 0 N–H and O–H groups in total. The van der Waals surface area contributed by atoms with Crippen molar-refractivity contribution in [3.8, 4) is 0 Å². The second-order valence-electron chi connectivity index (χ2n) is 3.70. The average molecular weight is 214 g/mol. The predicted molar refractivity (Wildman–Crippen MR) is 48.8 cm³/mol. The third-order valence-corrected chi connectivity index (χ3v) is 2.71. The lowest BCUT2D eigenvalue weighted by Crippen LogP contribution is -2.10. The van der Waals surface area contributed by atoms with Crippen LogP contribution in [0.15, 0.2) is 12.1 Å². The van der Waals surface area contributed by atoms with Crippen LogP contribution >= 0.6 is 0 Å². The molecule has 0 radical (unpaired) electrons. The minimum absolute atomic E-state index is 0.173. The molecule has 1 aliphatic carbocycles. The van der Waals surface area contributed by atoms with E-state index in [-0.39, 0.29) is 29.8 Å². The molecule has 15 heavy (non-hydrogen) atoms. The van der Waals surface area contributed by atoms with Crippen molar-refractivity contribution < 1.29 is 18.0 Å². The molecule has 0 fully saturated rings. The Balaban J connectivity index is 2.68. The number of rotatable bonds is 0. The van der Waals surface area contributed by atoms with Crippen LogP contribution in [0.2, 0.25) is 0 Å². The molecular weight excluding hydrogens is 205 g/mol. The highest BCUT2D eigenvalue weighted by molar-refractivity contribution is 6.02. The Kier molecular flexibility index (Phi) is 2.10. The van der Waals surface area contributed by atoms with Gasteiger partial charge in [0.1, 0.15) is 0 Å². The van der Waals surface area contributed by atoms with Gasteiger partial charge in [0.2, 0.25) is 0 Å². The number of aryl methyl sites for hydroxylation is 1. The summed E-state index contributed by atoms with van der Waals surface area (Å²) in [6.07, 6.45) is -3.95. The molecule has 0 amide bonds. The number of Topliss-reactive ketones (excluding diaryl/α,β-unsaturated/α-hetero) is 1. The first-order chi connectivity index (χ1) is 6.91. The predicted octanol–water partition coefficient (Wildman–Crippen LogP) is 3.14.